The molecule has 0 atom stereocenters. The lowest BCUT2D eigenvalue weighted by atomic mass is 10.1. The fraction of sp³-hybridized carbons (Fsp3) is 0.0435. The first-order valence-corrected chi connectivity index (χ1v) is 11.1. The van der Waals surface area contributed by atoms with Crippen LogP contribution in [0.4, 0.5) is 5.69 Å². The van der Waals surface area contributed by atoms with Crippen molar-refractivity contribution in [2.75, 3.05) is 4.72 Å². The number of aryl methyl sites for hydroxylation is 1. The third-order valence-corrected chi connectivity index (χ3v) is 6.34. The van der Waals surface area contributed by atoms with Crippen molar-refractivity contribution in [2.24, 2.45) is 0 Å². The molecule has 5 aromatic rings. The summed E-state index contributed by atoms with van der Waals surface area (Å²) in [7, 11) is -3.73. The van der Waals surface area contributed by atoms with Crippen molar-refractivity contribution in [3.8, 4) is 16.9 Å². The van der Waals surface area contributed by atoms with E-state index in [9.17, 15) is 8.42 Å². The van der Waals surface area contributed by atoms with E-state index in [2.05, 4.69) is 14.8 Å². The van der Waals surface area contributed by atoms with Crippen LogP contribution in [0, 0.1) is 6.92 Å². The monoisotopic (exact) mass is 429 g/mol. The summed E-state index contributed by atoms with van der Waals surface area (Å²) in [6.45, 7) is 2.02. The highest BCUT2D eigenvalue weighted by atomic mass is 32.2. The number of hydrogen-bond acceptors (Lipinski definition) is 4. The van der Waals surface area contributed by atoms with Crippen LogP contribution in [-0.2, 0) is 10.0 Å². The van der Waals surface area contributed by atoms with Gasteiger partial charge in [0.2, 0.25) is 0 Å². The van der Waals surface area contributed by atoms with Gasteiger partial charge in [-0.2, -0.15) is 5.10 Å². The first-order chi connectivity index (χ1) is 15.0. The molecule has 0 spiro atoms. The lowest BCUT2D eigenvalue weighted by Crippen LogP contribution is -2.13. The number of pyridine rings is 1. The highest BCUT2D eigenvalue weighted by molar-refractivity contribution is 7.92. The van der Waals surface area contributed by atoms with Crippen LogP contribution in [0.1, 0.15) is 5.56 Å². The molecule has 7 nitrogen and oxygen atoms in total. The molecule has 0 radical (unpaired) electrons. The molecular weight excluding hydrogens is 410 g/mol. The minimum atomic E-state index is -3.73. The highest BCUT2D eigenvalue weighted by Gasteiger charge is 2.15. The van der Waals surface area contributed by atoms with E-state index >= 15 is 0 Å². The number of hydrogen-bond donors (Lipinski definition) is 1. The summed E-state index contributed by atoms with van der Waals surface area (Å²) in [6, 6.07) is 19.6. The van der Waals surface area contributed by atoms with Crippen LogP contribution in [0.25, 0.3) is 22.6 Å². The van der Waals surface area contributed by atoms with Crippen LogP contribution in [0.15, 0.2) is 96.4 Å². The molecule has 3 aromatic heterocycles. The Balaban J connectivity index is 1.41. The number of benzene rings is 2. The molecule has 0 aliphatic carbocycles. The topological polar surface area (TPSA) is 81.3 Å². The maximum absolute atomic E-state index is 12.9. The van der Waals surface area contributed by atoms with Crippen LogP contribution < -0.4 is 4.72 Å². The Bertz CT molecular complexity index is 1470. The zero-order valence-corrected chi connectivity index (χ0v) is 17.5. The summed E-state index contributed by atoms with van der Waals surface area (Å²) >= 11 is 0. The number of fused-ring (bicyclic) bond motifs is 1. The highest BCUT2D eigenvalue weighted by Crippen LogP contribution is 2.25. The van der Waals surface area contributed by atoms with Gasteiger partial charge in [-0.05, 0) is 67.1 Å². The van der Waals surface area contributed by atoms with Crippen molar-refractivity contribution in [3.63, 3.8) is 0 Å². The van der Waals surface area contributed by atoms with Crippen molar-refractivity contribution < 1.29 is 8.42 Å². The summed E-state index contributed by atoms with van der Waals surface area (Å²) in [5.74, 6) is 0. The van der Waals surface area contributed by atoms with Gasteiger partial charge in [0, 0.05) is 36.0 Å². The minimum absolute atomic E-state index is 0.178. The molecular formula is C23H19N5O2S. The average molecular weight is 430 g/mol. The molecule has 0 amide bonds. The van der Waals surface area contributed by atoms with E-state index in [1.807, 2.05) is 54.0 Å². The van der Waals surface area contributed by atoms with Crippen molar-refractivity contribution in [1.29, 1.82) is 0 Å². The molecule has 0 aliphatic heterocycles. The third-order valence-electron chi connectivity index (χ3n) is 4.94. The summed E-state index contributed by atoms with van der Waals surface area (Å²) in [5, 5.41) is 4.15. The van der Waals surface area contributed by atoms with Gasteiger partial charge in [0.15, 0.2) is 0 Å². The van der Waals surface area contributed by atoms with Crippen LogP contribution in [-0.4, -0.2) is 27.6 Å². The van der Waals surface area contributed by atoms with Gasteiger partial charge in [-0.25, -0.2) is 18.1 Å². The van der Waals surface area contributed by atoms with E-state index in [1.165, 1.54) is 0 Å². The Morgan fingerprint density at radius 3 is 2.55 bits per heavy atom. The van der Waals surface area contributed by atoms with E-state index in [0.29, 0.717) is 5.69 Å². The van der Waals surface area contributed by atoms with Gasteiger partial charge < -0.3 is 4.40 Å². The second kappa shape index (κ2) is 7.41. The second-order valence-corrected chi connectivity index (χ2v) is 8.91. The Kier molecular flexibility index (Phi) is 4.56. The van der Waals surface area contributed by atoms with Gasteiger partial charge in [-0.15, -0.1) is 0 Å². The van der Waals surface area contributed by atoms with E-state index in [1.54, 1.807) is 53.5 Å². The van der Waals surface area contributed by atoms with E-state index in [-0.39, 0.29) is 4.90 Å². The SMILES string of the molecule is Cc1ccn2cc(-c3cccc(NS(=O)(=O)c4ccc(-n5cccn5)cc4)c3)nc2c1. The van der Waals surface area contributed by atoms with Gasteiger partial charge in [0.1, 0.15) is 5.65 Å². The zero-order valence-electron chi connectivity index (χ0n) is 16.7. The van der Waals surface area contributed by atoms with Crippen LogP contribution in [0.3, 0.4) is 0 Å². The van der Waals surface area contributed by atoms with Gasteiger partial charge >= 0.3 is 0 Å². The molecule has 8 heteroatoms. The number of sulfonamides is 1. The first kappa shape index (κ1) is 19.1. The molecule has 154 valence electrons. The molecule has 3 heterocycles. The molecule has 0 fully saturated rings. The summed E-state index contributed by atoms with van der Waals surface area (Å²) in [6.07, 6.45) is 7.36. The summed E-state index contributed by atoms with van der Waals surface area (Å²) in [4.78, 5) is 4.83. The van der Waals surface area contributed by atoms with Gasteiger partial charge in [0.25, 0.3) is 10.0 Å². The molecule has 2 aromatic carbocycles. The molecule has 1 N–H and O–H groups in total. The quantitative estimate of drug-likeness (QED) is 0.452. The lowest BCUT2D eigenvalue weighted by Gasteiger charge is -2.10. The van der Waals surface area contributed by atoms with Crippen molar-refractivity contribution in [3.05, 3.63) is 97.1 Å². The van der Waals surface area contributed by atoms with E-state index in [0.717, 1.165) is 28.2 Å². The molecule has 0 bridgehead atoms. The largest absolute Gasteiger partial charge is 0.306 e. The predicted molar refractivity (Wildman–Crippen MR) is 120 cm³/mol. The van der Waals surface area contributed by atoms with E-state index in [4.69, 9.17) is 0 Å². The molecule has 0 unspecified atom stereocenters. The number of rotatable bonds is 5. The number of nitrogens with one attached hydrogen (secondary N) is 1. The van der Waals surface area contributed by atoms with Gasteiger partial charge in [-0.1, -0.05) is 12.1 Å². The van der Waals surface area contributed by atoms with Crippen LogP contribution >= 0.6 is 0 Å². The van der Waals surface area contributed by atoms with E-state index < -0.39 is 10.0 Å². The second-order valence-electron chi connectivity index (χ2n) is 7.23. The normalized spacial score (nSPS) is 11.6. The molecule has 5 rings (SSSR count). The fourth-order valence-corrected chi connectivity index (χ4v) is 4.43. The van der Waals surface area contributed by atoms with Crippen molar-refractivity contribution >= 4 is 21.4 Å². The van der Waals surface area contributed by atoms with Gasteiger partial charge in [0.05, 0.1) is 16.3 Å². The number of aromatic nitrogens is 4. The molecule has 0 saturated carbocycles. The first-order valence-electron chi connectivity index (χ1n) is 9.67. The van der Waals surface area contributed by atoms with Crippen molar-refractivity contribution in [1.82, 2.24) is 19.2 Å². The Labute approximate surface area is 179 Å². The Morgan fingerprint density at radius 1 is 0.935 bits per heavy atom. The number of anilines is 1. The fourth-order valence-electron chi connectivity index (χ4n) is 3.38. The Morgan fingerprint density at radius 2 is 1.77 bits per heavy atom. The number of nitrogens with zero attached hydrogens (tertiary/aromatic N) is 4. The van der Waals surface area contributed by atoms with Crippen LogP contribution in [0.2, 0.25) is 0 Å². The lowest BCUT2D eigenvalue weighted by molar-refractivity contribution is 0.601. The zero-order chi connectivity index (χ0) is 21.4. The average Bonchev–Trinajstić information content (AvgIpc) is 3.43. The maximum atomic E-state index is 12.9. The summed E-state index contributed by atoms with van der Waals surface area (Å²) in [5.41, 5.74) is 4.84. The van der Waals surface area contributed by atoms with Gasteiger partial charge in [-0.3, -0.25) is 4.72 Å². The number of imidazole rings is 1. The summed E-state index contributed by atoms with van der Waals surface area (Å²) < 4.78 is 32.0. The third kappa shape index (κ3) is 3.80. The van der Waals surface area contributed by atoms with Crippen molar-refractivity contribution in [2.45, 2.75) is 11.8 Å². The van der Waals surface area contributed by atoms with Crippen LogP contribution in [0.5, 0.6) is 0 Å². The molecule has 0 saturated heterocycles. The molecule has 31 heavy (non-hydrogen) atoms. The maximum Gasteiger partial charge on any atom is 0.261 e. The Hall–Kier alpha value is -3.91. The molecule has 0 aliphatic rings. The standard InChI is InChI=1S/C23H19N5O2S/c1-17-10-13-27-16-22(25-23(27)14-17)18-4-2-5-19(15-18)26-31(29,30)21-8-6-20(7-9-21)28-12-3-11-24-28/h2-16,26H,1H3. The predicted octanol–water partition coefficient (Wildman–Crippen LogP) is 4.30. The minimum Gasteiger partial charge on any atom is -0.306 e. The smallest absolute Gasteiger partial charge is 0.261 e.